The quantitative estimate of drug-likeness (QED) is 0.316. The first kappa shape index (κ1) is 20.6. The third-order valence-electron chi connectivity index (χ3n) is 4.30. The van der Waals surface area contributed by atoms with Gasteiger partial charge in [-0.15, -0.1) is 0 Å². The molecule has 1 aromatic heterocycles. The zero-order valence-corrected chi connectivity index (χ0v) is 18.2. The molecule has 1 heterocycles. The standard InChI is InChI=1S/C22H19IN4O2/c1-15-11-18(16(2)27(15)20-7-5-19(23)6-8-20)13-25-26-22(28)14-29-21-9-3-17(12-24)4-10-21/h3-11,13H,14H2,1-2H3,(H,26,28). The van der Waals surface area contributed by atoms with Crippen LogP contribution in [0, 0.1) is 28.7 Å². The number of aromatic nitrogens is 1. The highest BCUT2D eigenvalue weighted by molar-refractivity contribution is 14.1. The lowest BCUT2D eigenvalue weighted by Crippen LogP contribution is -2.24. The third kappa shape index (κ3) is 5.23. The molecule has 0 radical (unpaired) electrons. The number of nitrogens with one attached hydrogen (secondary N) is 1. The second kappa shape index (κ2) is 9.39. The van der Waals surface area contributed by atoms with E-state index in [1.54, 1.807) is 30.5 Å². The van der Waals surface area contributed by atoms with Crippen LogP contribution in [0.25, 0.3) is 5.69 Å². The van der Waals surface area contributed by atoms with Crippen LogP contribution in [-0.2, 0) is 4.79 Å². The van der Waals surface area contributed by atoms with Gasteiger partial charge in [-0.05, 0) is 91.0 Å². The molecule has 3 rings (SSSR count). The molecule has 0 fully saturated rings. The zero-order chi connectivity index (χ0) is 20.8. The summed E-state index contributed by atoms with van der Waals surface area (Å²) in [4.78, 5) is 11.9. The summed E-state index contributed by atoms with van der Waals surface area (Å²) in [5.74, 6) is 0.154. The van der Waals surface area contributed by atoms with E-state index < -0.39 is 0 Å². The average Bonchev–Trinajstić information content (AvgIpc) is 3.01. The van der Waals surface area contributed by atoms with Crippen LogP contribution in [-0.4, -0.2) is 23.3 Å². The molecule has 0 bridgehead atoms. The van der Waals surface area contributed by atoms with Gasteiger partial charge in [-0.25, -0.2) is 5.43 Å². The molecule has 1 N–H and O–H groups in total. The number of aryl methyl sites for hydroxylation is 1. The SMILES string of the molecule is Cc1cc(C=NNC(=O)COc2ccc(C#N)cc2)c(C)n1-c1ccc(I)cc1. The number of nitriles is 1. The number of halogens is 1. The second-order valence-electron chi connectivity index (χ2n) is 6.36. The zero-order valence-electron chi connectivity index (χ0n) is 16.0. The lowest BCUT2D eigenvalue weighted by atomic mass is 10.2. The van der Waals surface area contributed by atoms with Gasteiger partial charge >= 0.3 is 0 Å². The first-order valence-corrected chi connectivity index (χ1v) is 9.95. The monoisotopic (exact) mass is 498 g/mol. The summed E-state index contributed by atoms with van der Waals surface area (Å²) >= 11 is 2.28. The minimum atomic E-state index is -0.364. The van der Waals surface area contributed by atoms with Crippen molar-refractivity contribution in [3.63, 3.8) is 0 Å². The maximum absolute atomic E-state index is 11.9. The maximum atomic E-state index is 11.9. The molecule has 0 unspecified atom stereocenters. The van der Waals surface area contributed by atoms with E-state index in [0.717, 1.165) is 22.6 Å². The molecule has 6 nitrogen and oxygen atoms in total. The van der Waals surface area contributed by atoms with Crippen LogP contribution in [0.3, 0.4) is 0 Å². The van der Waals surface area contributed by atoms with Crippen LogP contribution < -0.4 is 10.2 Å². The molecule has 7 heteroatoms. The second-order valence-corrected chi connectivity index (χ2v) is 7.60. The number of ether oxygens (including phenoxy) is 1. The summed E-state index contributed by atoms with van der Waals surface area (Å²) in [5, 5.41) is 12.8. The van der Waals surface area contributed by atoms with E-state index in [0.29, 0.717) is 11.3 Å². The summed E-state index contributed by atoms with van der Waals surface area (Å²) in [6, 6.07) is 18.9. The van der Waals surface area contributed by atoms with E-state index in [2.05, 4.69) is 62.0 Å². The van der Waals surface area contributed by atoms with Gasteiger partial charge in [0.15, 0.2) is 6.61 Å². The van der Waals surface area contributed by atoms with Gasteiger partial charge in [-0.2, -0.15) is 10.4 Å². The Morgan fingerprint density at radius 3 is 2.55 bits per heavy atom. The molecule has 0 saturated heterocycles. The van der Waals surface area contributed by atoms with E-state index in [4.69, 9.17) is 10.00 Å². The van der Waals surface area contributed by atoms with Crippen LogP contribution in [0.4, 0.5) is 0 Å². The van der Waals surface area contributed by atoms with Crippen LogP contribution >= 0.6 is 22.6 Å². The molecule has 1 amide bonds. The lowest BCUT2D eigenvalue weighted by molar-refractivity contribution is -0.123. The number of rotatable bonds is 6. The van der Waals surface area contributed by atoms with Crippen molar-refractivity contribution in [2.45, 2.75) is 13.8 Å². The Kier molecular flexibility index (Phi) is 6.67. The van der Waals surface area contributed by atoms with Crippen LogP contribution in [0.5, 0.6) is 5.75 Å². The van der Waals surface area contributed by atoms with Gasteiger partial charge in [0, 0.05) is 26.2 Å². The fraction of sp³-hybridized carbons (Fsp3) is 0.136. The van der Waals surface area contributed by atoms with Gasteiger partial charge in [0.25, 0.3) is 5.91 Å². The predicted molar refractivity (Wildman–Crippen MR) is 120 cm³/mol. The van der Waals surface area contributed by atoms with Gasteiger partial charge in [-0.3, -0.25) is 4.79 Å². The number of nitrogens with zero attached hydrogens (tertiary/aromatic N) is 3. The Balaban J connectivity index is 1.60. The lowest BCUT2D eigenvalue weighted by Gasteiger charge is -2.09. The summed E-state index contributed by atoms with van der Waals surface area (Å²) in [7, 11) is 0. The van der Waals surface area contributed by atoms with Crippen molar-refractivity contribution >= 4 is 34.7 Å². The average molecular weight is 498 g/mol. The minimum absolute atomic E-state index is 0.162. The molecule has 3 aromatic rings. The molecule has 146 valence electrons. The van der Waals surface area contributed by atoms with Crippen LogP contribution in [0.1, 0.15) is 22.5 Å². The van der Waals surface area contributed by atoms with Crippen molar-refractivity contribution in [1.82, 2.24) is 9.99 Å². The summed E-state index contributed by atoms with van der Waals surface area (Å²) in [5.41, 5.74) is 7.14. The molecule has 29 heavy (non-hydrogen) atoms. The molecular weight excluding hydrogens is 479 g/mol. The molecule has 0 aliphatic heterocycles. The topological polar surface area (TPSA) is 79.4 Å². The van der Waals surface area contributed by atoms with Gasteiger partial charge in [0.1, 0.15) is 5.75 Å². The molecule has 2 aromatic carbocycles. The van der Waals surface area contributed by atoms with Crippen molar-refractivity contribution in [2.24, 2.45) is 5.10 Å². The Morgan fingerprint density at radius 2 is 1.90 bits per heavy atom. The highest BCUT2D eigenvalue weighted by Crippen LogP contribution is 2.20. The van der Waals surface area contributed by atoms with Crippen molar-refractivity contribution in [2.75, 3.05) is 6.61 Å². The van der Waals surface area contributed by atoms with E-state index in [-0.39, 0.29) is 12.5 Å². The van der Waals surface area contributed by atoms with Crippen molar-refractivity contribution in [3.8, 4) is 17.5 Å². The van der Waals surface area contributed by atoms with E-state index in [1.807, 2.05) is 26.0 Å². The fourth-order valence-electron chi connectivity index (χ4n) is 2.89. The number of carbonyl (C=O) groups is 1. The number of carbonyl (C=O) groups excluding carboxylic acids is 1. The molecule has 0 aliphatic carbocycles. The minimum Gasteiger partial charge on any atom is -0.484 e. The predicted octanol–water partition coefficient (Wildman–Crippen LogP) is 4.10. The van der Waals surface area contributed by atoms with Crippen LogP contribution in [0.2, 0.25) is 0 Å². The summed E-state index contributed by atoms with van der Waals surface area (Å²) < 4.78 is 8.71. The van der Waals surface area contributed by atoms with Gasteiger partial charge in [-0.1, -0.05) is 0 Å². The molecule has 0 aliphatic rings. The number of hydrazone groups is 1. The van der Waals surface area contributed by atoms with E-state index >= 15 is 0 Å². The van der Waals surface area contributed by atoms with E-state index in [1.165, 1.54) is 3.57 Å². The Labute approximate surface area is 182 Å². The first-order valence-electron chi connectivity index (χ1n) is 8.87. The van der Waals surface area contributed by atoms with Gasteiger partial charge in [0.05, 0.1) is 17.8 Å². The summed E-state index contributed by atoms with van der Waals surface area (Å²) in [6.07, 6.45) is 1.63. The molecule has 0 saturated carbocycles. The van der Waals surface area contributed by atoms with Gasteiger partial charge in [0.2, 0.25) is 0 Å². The highest BCUT2D eigenvalue weighted by Gasteiger charge is 2.09. The van der Waals surface area contributed by atoms with Crippen molar-refractivity contribution in [3.05, 3.63) is 80.7 Å². The smallest absolute Gasteiger partial charge is 0.277 e. The van der Waals surface area contributed by atoms with Gasteiger partial charge < -0.3 is 9.30 Å². The normalized spacial score (nSPS) is 10.7. The molecule has 0 spiro atoms. The first-order chi connectivity index (χ1) is 14.0. The van der Waals surface area contributed by atoms with Crippen LogP contribution in [0.15, 0.2) is 59.7 Å². The fourth-order valence-corrected chi connectivity index (χ4v) is 3.25. The summed E-state index contributed by atoms with van der Waals surface area (Å²) in [6.45, 7) is 3.89. The number of amides is 1. The Hall–Kier alpha value is -3.12. The Bertz CT molecular complexity index is 1080. The maximum Gasteiger partial charge on any atom is 0.277 e. The van der Waals surface area contributed by atoms with Crippen molar-refractivity contribution in [1.29, 1.82) is 5.26 Å². The largest absolute Gasteiger partial charge is 0.484 e. The number of hydrogen-bond donors (Lipinski definition) is 1. The van der Waals surface area contributed by atoms with Crippen molar-refractivity contribution < 1.29 is 9.53 Å². The van der Waals surface area contributed by atoms with E-state index in [9.17, 15) is 4.79 Å². The third-order valence-corrected chi connectivity index (χ3v) is 5.02. The number of hydrogen-bond acceptors (Lipinski definition) is 4. The molecular formula is C22H19IN4O2. The highest BCUT2D eigenvalue weighted by atomic mass is 127. The number of benzene rings is 2. The molecule has 0 atom stereocenters. The Morgan fingerprint density at radius 1 is 1.21 bits per heavy atom.